The lowest BCUT2D eigenvalue weighted by molar-refractivity contribution is -0.118. The number of nitrogens with one attached hydrogen (secondary N) is 4. The summed E-state index contributed by atoms with van der Waals surface area (Å²) in [7, 11) is -0.842. The first-order valence-corrected chi connectivity index (χ1v) is 23.6. The summed E-state index contributed by atoms with van der Waals surface area (Å²) >= 11 is 15.7. The van der Waals surface area contributed by atoms with Gasteiger partial charge in [0.25, 0.3) is 0 Å². The van der Waals surface area contributed by atoms with E-state index in [2.05, 4.69) is 47.2 Å². The molecule has 68 heavy (non-hydrogen) atoms. The Hall–Kier alpha value is -4.88. The Morgan fingerprint density at radius 1 is 0.706 bits per heavy atom. The Balaban J connectivity index is 0.000000203. The highest BCUT2D eigenvalue weighted by Gasteiger charge is 2.52. The standard InChI is InChI=1S/C21H23ClFN3O3.C18H26BClFNO4.C9H9BrN2O/c1-21(2,3)29-20(28)25-11-14-6-7-15(18(23)17(14)22)13-8-9-24-16(10-13)26-19(27)12-4-5-12;1-16(2,3)24-15(23)22-10-11-8-9-12(14(21)13(11)20)19-25-17(4,5)18(6,7)26-19;10-7-3-4-11-8(5-7)12-9(13)6-1-2-6/h6-10,12H,4-5,11H2,1-3H3,(H,25,28)(H,24,26,27);8-9H,10H2,1-7H3,(H,22,23);3-6H,1-2H2,(H,11,12,13). The van der Waals surface area contributed by atoms with Crippen LogP contribution in [0, 0.1) is 23.5 Å². The van der Waals surface area contributed by atoms with E-state index in [0.717, 1.165) is 30.2 Å². The molecule has 2 saturated carbocycles. The Kier molecular flexibility index (Phi) is 17.7. The van der Waals surface area contributed by atoms with Gasteiger partial charge in [-0.25, -0.2) is 28.3 Å². The Morgan fingerprint density at radius 2 is 1.15 bits per heavy atom. The van der Waals surface area contributed by atoms with Crippen molar-refractivity contribution in [2.24, 2.45) is 11.8 Å². The van der Waals surface area contributed by atoms with Gasteiger partial charge in [0.15, 0.2) is 0 Å². The van der Waals surface area contributed by atoms with E-state index in [1.807, 2.05) is 33.8 Å². The van der Waals surface area contributed by atoms with E-state index in [1.165, 1.54) is 6.20 Å². The fourth-order valence-corrected chi connectivity index (χ4v) is 6.90. The molecule has 2 aliphatic carbocycles. The van der Waals surface area contributed by atoms with Gasteiger partial charge in [0, 0.05) is 52.8 Å². The maximum Gasteiger partial charge on any atom is 0.497 e. The van der Waals surface area contributed by atoms with E-state index in [9.17, 15) is 28.0 Å². The van der Waals surface area contributed by atoms with Crippen LogP contribution in [0.2, 0.25) is 10.0 Å². The summed E-state index contributed by atoms with van der Waals surface area (Å²) in [6, 6.07) is 13.3. The highest BCUT2D eigenvalue weighted by molar-refractivity contribution is 9.10. The van der Waals surface area contributed by atoms with Crippen molar-refractivity contribution in [1.82, 2.24) is 20.6 Å². The van der Waals surface area contributed by atoms with Crippen LogP contribution in [0.1, 0.15) is 106 Å². The second kappa shape index (κ2) is 22.3. The van der Waals surface area contributed by atoms with Crippen molar-refractivity contribution in [2.45, 2.75) is 130 Å². The van der Waals surface area contributed by atoms with Crippen LogP contribution in [-0.2, 0) is 41.5 Å². The fraction of sp³-hybridized carbons (Fsp3) is 0.458. The molecule has 0 radical (unpaired) electrons. The molecule has 1 saturated heterocycles. The monoisotopic (exact) mass is 1040 g/mol. The Bertz CT molecular complexity index is 2480. The van der Waals surface area contributed by atoms with Crippen molar-refractivity contribution in [1.29, 1.82) is 0 Å². The summed E-state index contributed by atoms with van der Waals surface area (Å²) in [6.45, 7) is 18.2. The van der Waals surface area contributed by atoms with Gasteiger partial charge >= 0.3 is 19.3 Å². The third kappa shape index (κ3) is 15.8. The zero-order valence-corrected chi connectivity index (χ0v) is 42.9. The summed E-state index contributed by atoms with van der Waals surface area (Å²) in [5.74, 6) is 0.0397. The van der Waals surface area contributed by atoms with Crippen LogP contribution in [-0.4, -0.2) is 63.5 Å². The number of benzene rings is 2. The van der Waals surface area contributed by atoms with Crippen molar-refractivity contribution in [3.05, 3.63) is 98.2 Å². The first kappa shape index (κ1) is 54.1. The second-order valence-corrected chi connectivity index (χ2v) is 21.1. The van der Waals surface area contributed by atoms with Gasteiger partial charge in [-0.05, 0) is 136 Å². The first-order chi connectivity index (χ1) is 31.6. The number of ether oxygens (including phenoxy) is 2. The van der Waals surface area contributed by atoms with Crippen LogP contribution in [0.4, 0.5) is 30.0 Å². The number of carbonyl (C=O) groups is 4. The molecule has 0 atom stereocenters. The SMILES string of the molecule is CC(C)(C)OC(=O)NCc1ccc(-c2ccnc(NC(=O)C3CC3)c2)c(F)c1Cl.CC(C)(C)OC(=O)NCc1ccc(B2OC(C)(C)C(C)(C)O2)c(F)c1Cl.O=C(Nc1cc(Br)ccn1)C1CC1. The van der Waals surface area contributed by atoms with Crippen molar-refractivity contribution in [3.8, 4) is 11.1 Å². The molecule has 4 aromatic rings. The van der Waals surface area contributed by atoms with E-state index in [1.54, 1.807) is 90.2 Å². The molecule has 0 bridgehead atoms. The van der Waals surface area contributed by atoms with Crippen molar-refractivity contribution < 1.29 is 46.7 Å². The predicted octanol–water partition coefficient (Wildman–Crippen LogP) is 10.9. The van der Waals surface area contributed by atoms with Crippen molar-refractivity contribution in [3.63, 3.8) is 0 Å². The van der Waals surface area contributed by atoms with Gasteiger partial charge in [-0.15, -0.1) is 0 Å². The van der Waals surface area contributed by atoms with Gasteiger partial charge < -0.3 is 40.0 Å². The van der Waals surface area contributed by atoms with Gasteiger partial charge in [-0.2, -0.15) is 0 Å². The third-order valence-corrected chi connectivity index (χ3v) is 12.0. The lowest BCUT2D eigenvalue weighted by Gasteiger charge is -2.32. The van der Waals surface area contributed by atoms with Crippen LogP contribution in [0.5, 0.6) is 0 Å². The van der Waals surface area contributed by atoms with E-state index in [-0.39, 0.29) is 57.8 Å². The molecule has 20 heteroatoms. The number of carbonyl (C=O) groups excluding carboxylic acids is 4. The molecule has 14 nitrogen and oxygen atoms in total. The Labute approximate surface area is 415 Å². The zero-order valence-electron chi connectivity index (χ0n) is 39.8. The number of amides is 4. The molecule has 366 valence electrons. The highest BCUT2D eigenvalue weighted by atomic mass is 79.9. The van der Waals surface area contributed by atoms with Gasteiger partial charge in [0.05, 0.1) is 21.2 Å². The molecule has 3 fully saturated rings. The summed E-state index contributed by atoms with van der Waals surface area (Å²) in [5.41, 5.74) is -0.477. The van der Waals surface area contributed by atoms with Crippen LogP contribution in [0.3, 0.4) is 0 Å². The number of nitrogens with zero attached hydrogens (tertiary/aromatic N) is 2. The number of anilines is 2. The van der Waals surface area contributed by atoms with Crippen molar-refractivity contribution >= 4 is 87.3 Å². The molecular weight excluding hydrogens is 988 g/mol. The molecule has 4 amide bonds. The average Bonchev–Trinajstić information content (AvgIpc) is 4.16. The van der Waals surface area contributed by atoms with E-state index in [4.69, 9.17) is 42.0 Å². The van der Waals surface area contributed by atoms with Crippen LogP contribution < -0.4 is 26.7 Å². The Morgan fingerprint density at radius 3 is 1.60 bits per heavy atom. The third-order valence-electron chi connectivity index (χ3n) is 10.7. The normalized spacial score (nSPS) is 16.0. The number of alkyl carbamates (subject to hydrolysis) is 2. The fourth-order valence-electron chi connectivity index (χ4n) is 6.09. The number of hydrogen-bond donors (Lipinski definition) is 4. The van der Waals surface area contributed by atoms with Gasteiger partial charge in [0.1, 0.15) is 34.5 Å². The minimum absolute atomic E-state index is 0.0317. The van der Waals surface area contributed by atoms with Crippen LogP contribution in [0.25, 0.3) is 11.1 Å². The molecule has 3 heterocycles. The minimum Gasteiger partial charge on any atom is -0.444 e. The summed E-state index contributed by atoms with van der Waals surface area (Å²) in [6.07, 6.45) is 5.76. The van der Waals surface area contributed by atoms with Crippen LogP contribution >= 0.6 is 39.1 Å². The van der Waals surface area contributed by atoms with Gasteiger partial charge in [0.2, 0.25) is 11.8 Å². The maximum absolute atomic E-state index is 14.9. The molecule has 0 spiro atoms. The van der Waals surface area contributed by atoms with E-state index in [0.29, 0.717) is 28.3 Å². The number of hydrogen-bond acceptors (Lipinski definition) is 10. The molecule has 2 aromatic heterocycles. The number of aromatic nitrogens is 2. The quantitative estimate of drug-likeness (QED) is 0.112. The minimum atomic E-state index is -0.842. The van der Waals surface area contributed by atoms with Gasteiger partial charge in [-0.3, -0.25) is 9.59 Å². The van der Waals surface area contributed by atoms with Gasteiger partial charge in [-0.1, -0.05) is 63.4 Å². The van der Waals surface area contributed by atoms with E-state index < -0.39 is 53.3 Å². The molecule has 2 aromatic carbocycles. The molecule has 3 aliphatic rings. The zero-order chi connectivity index (χ0) is 50.4. The topological polar surface area (TPSA) is 179 Å². The smallest absolute Gasteiger partial charge is 0.444 e. The second-order valence-electron chi connectivity index (χ2n) is 19.5. The lowest BCUT2D eigenvalue weighted by atomic mass is 9.78. The highest BCUT2D eigenvalue weighted by Crippen LogP contribution is 2.38. The summed E-state index contributed by atoms with van der Waals surface area (Å²) in [4.78, 5) is 54.9. The first-order valence-electron chi connectivity index (χ1n) is 22.1. The van der Waals surface area contributed by atoms with Crippen molar-refractivity contribution in [2.75, 3.05) is 10.6 Å². The van der Waals surface area contributed by atoms with E-state index >= 15 is 0 Å². The molecule has 1 aliphatic heterocycles. The summed E-state index contributed by atoms with van der Waals surface area (Å²) < 4.78 is 52.6. The predicted molar refractivity (Wildman–Crippen MR) is 263 cm³/mol. The number of rotatable bonds is 10. The molecule has 4 N–H and O–H groups in total. The lowest BCUT2D eigenvalue weighted by Crippen LogP contribution is -2.41. The molecule has 0 unspecified atom stereocenters. The number of pyridine rings is 2. The summed E-state index contributed by atoms with van der Waals surface area (Å²) in [5, 5.41) is 10.5. The average molecular weight is 1050 g/mol. The molecule has 7 rings (SSSR count). The largest absolute Gasteiger partial charge is 0.497 e. The number of halogens is 5. The van der Waals surface area contributed by atoms with Crippen LogP contribution in [0.15, 0.2) is 65.4 Å². The molecular formula is C48H58BBrCl2F2N6O8. The maximum atomic E-state index is 14.9.